The molecule has 0 unspecified atom stereocenters. The van der Waals surface area contributed by atoms with Gasteiger partial charge in [0.05, 0.1) is 16.1 Å². The molecule has 2 aliphatic rings. The average Bonchev–Trinajstić information content (AvgIpc) is 2.91. The maximum atomic E-state index is 6.67. The van der Waals surface area contributed by atoms with Crippen LogP contribution >= 0.6 is 0 Å². The summed E-state index contributed by atoms with van der Waals surface area (Å²) < 4.78 is 9.86. The second-order valence-electron chi connectivity index (χ2n) is 13.2. The van der Waals surface area contributed by atoms with E-state index in [1.54, 1.807) is 0 Å². The molecule has 0 radical (unpaired) electrons. The van der Waals surface area contributed by atoms with Crippen LogP contribution in [0.15, 0.2) is 0 Å². The Balaban J connectivity index is -0.000000341. The van der Waals surface area contributed by atoms with Crippen molar-refractivity contribution >= 4 is 49.1 Å². The largest absolute Gasteiger partial charge is 4.00 e. The monoisotopic (exact) mass is 558 g/mol. The summed E-state index contributed by atoms with van der Waals surface area (Å²) in [7, 11) is -6.38. The molecule has 2 nitrogen and oxygen atoms in total. The van der Waals surface area contributed by atoms with E-state index >= 15 is 0 Å². The minimum atomic E-state index is -1.21. The van der Waals surface area contributed by atoms with Crippen molar-refractivity contribution in [1.82, 2.24) is 0 Å². The van der Waals surface area contributed by atoms with Gasteiger partial charge in [-0.1, -0.05) is 149 Å². The first-order chi connectivity index (χ1) is 12.9. The molecule has 0 saturated carbocycles. The van der Waals surface area contributed by atoms with Crippen LogP contribution in [0.4, 0.5) is 0 Å². The molecule has 31 heavy (non-hydrogen) atoms. The van der Waals surface area contributed by atoms with Gasteiger partial charge in [0.2, 0.25) is 0 Å². The minimum absolute atomic E-state index is 0. The Kier molecular flexibility index (Phi) is 16.3. The van der Waals surface area contributed by atoms with Gasteiger partial charge in [0.25, 0.3) is 0 Å². The van der Waals surface area contributed by atoms with Crippen LogP contribution in [-0.4, -0.2) is 49.1 Å². The first-order valence-corrected chi connectivity index (χ1v) is 30.9. The SMILES string of the molecule is C[Si]1(C)CC[Si](C)(C)[N-]1.C[Si]1(C)CC[Si](C)(C)[N-]1.[C-]#C[Si](C)(C)C.[C-]#C[Si](C)(C)C.[Ti+4]. The molecule has 0 amide bonds. The zero-order valence-corrected chi connectivity index (χ0v) is 30.8. The van der Waals surface area contributed by atoms with Crippen LogP contribution in [0, 0.1) is 23.9 Å². The molecule has 2 aliphatic heterocycles. The van der Waals surface area contributed by atoms with Crippen LogP contribution < -0.4 is 0 Å². The molecule has 0 aromatic carbocycles. The Hall–Kier alpha value is 1.06. The molecule has 9 heteroatoms. The fourth-order valence-electron chi connectivity index (χ4n) is 3.09. The first-order valence-electron chi connectivity index (χ1n) is 11.3. The van der Waals surface area contributed by atoms with Crippen LogP contribution in [0.2, 0.25) is 116 Å². The molecule has 0 bridgehead atoms. The van der Waals surface area contributed by atoms with E-state index in [0.29, 0.717) is 0 Å². The standard InChI is InChI=1S/2C6H16NSi2.2C5H9Si.Ti/c2*1-8(2)5-6-9(3,4)7-8;2*1-5-6(2,3)4;/h2*5-6H2,1-4H3;2*2-4H3;/q4*-1;+4. The molecule has 0 N–H and O–H groups in total. The topological polar surface area (TPSA) is 28.2 Å². The first kappa shape index (κ1) is 36.6. The Morgan fingerprint density at radius 3 is 0.677 bits per heavy atom. The maximum Gasteiger partial charge on any atom is 4.00 e. The van der Waals surface area contributed by atoms with Crippen molar-refractivity contribution in [1.29, 1.82) is 0 Å². The van der Waals surface area contributed by atoms with Crippen LogP contribution in [-0.2, 0) is 21.7 Å². The Bertz CT molecular complexity index is 523. The quantitative estimate of drug-likeness (QED) is 0.162. The van der Waals surface area contributed by atoms with Crippen LogP contribution in [0.5, 0.6) is 0 Å². The molecule has 2 heterocycles. The predicted molar refractivity (Wildman–Crippen MR) is 157 cm³/mol. The van der Waals surface area contributed by atoms with Gasteiger partial charge in [0, 0.05) is 0 Å². The van der Waals surface area contributed by atoms with Crippen LogP contribution in [0.25, 0.3) is 9.30 Å². The summed E-state index contributed by atoms with van der Waals surface area (Å²) in [5, 5.41) is 0. The predicted octanol–water partition coefficient (Wildman–Crippen LogP) is 8.47. The zero-order valence-electron chi connectivity index (χ0n) is 23.2. The summed E-state index contributed by atoms with van der Waals surface area (Å²) in [6.07, 6.45) is 13.3. The van der Waals surface area contributed by atoms with Crippen molar-refractivity contribution in [3.8, 4) is 11.1 Å². The third-order valence-corrected chi connectivity index (χ3v) is 22.7. The van der Waals surface area contributed by atoms with E-state index in [-0.39, 0.29) is 21.7 Å². The van der Waals surface area contributed by atoms with E-state index in [1.807, 2.05) is 0 Å². The van der Waals surface area contributed by atoms with Crippen molar-refractivity contribution in [2.45, 2.75) is 116 Å². The average molecular weight is 559 g/mol. The summed E-state index contributed by atoms with van der Waals surface area (Å²) in [5.41, 5.74) is 4.99. The molecular weight excluding hydrogens is 509 g/mol. The fraction of sp³-hybridized carbons (Fsp3) is 0.818. The van der Waals surface area contributed by atoms with Crippen molar-refractivity contribution in [2.24, 2.45) is 0 Å². The third kappa shape index (κ3) is 24.0. The van der Waals surface area contributed by atoms with E-state index in [1.165, 1.54) is 24.2 Å². The normalized spacial score (nSPS) is 21.8. The molecule has 2 fully saturated rings. The Morgan fingerprint density at radius 1 is 0.516 bits per heavy atom. The van der Waals surface area contributed by atoms with Gasteiger partial charge in [-0.25, -0.2) is 0 Å². The van der Waals surface area contributed by atoms with E-state index in [2.05, 4.69) is 103 Å². The summed E-state index contributed by atoms with van der Waals surface area (Å²) >= 11 is 0. The fourth-order valence-corrected chi connectivity index (χ4v) is 27.8. The number of rotatable bonds is 0. The molecule has 2 saturated heterocycles. The molecule has 176 valence electrons. The van der Waals surface area contributed by atoms with E-state index in [0.717, 1.165) is 0 Å². The molecule has 0 aromatic rings. The summed E-state index contributed by atoms with van der Waals surface area (Å²) in [6, 6.07) is 5.80. The summed E-state index contributed by atoms with van der Waals surface area (Å²) in [5.74, 6) is 0. The van der Waals surface area contributed by atoms with Gasteiger partial charge in [0.15, 0.2) is 0 Å². The zero-order chi connectivity index (χ0) is 24.7. The van der Waals surface area contributed by atoms with Gasteiger partial charge >= 0.3 is 21.7 Å². The van der Waals surface area contributed by atoms with Gasteiger partial charge in [-0.15, -0.1) is 0 Å². The molecular formula is C22H50N2Si6Ti. The number of nitrogens with zero attached hydrogens (tertiary/aromatic N) is 2. The number of hydrogen-bond acceptors (Lipinski definition) is 0. The van der Waals surface area contributed by atoms with Gasteiger partial charge < -0.3 is 33.2 Å². The van der Waals surface area contributed by atoms with Crippen molar-refractivity contribution in [2.75, 3.05) is 0 Å². The van der Waals surface area contributed by atoms with Gasteiger partial charge in [-0.3, -0.25) is 0 Å². The summed E-state index contributed by atoms with van der Waals surface area (Å²) in [4.78, 5) is 0. The van der Waals surface area contributed by atoms with Crippen molar-refractivity contribution in [3.63, 3.8) is 0 Å². The van der Waals surface area contributed by atoms with Gasteiger partial charge in [-0.2, -0.15) is 0 Å². The molecule has 0 spiro atoms. The minimum Gasteiger partial charge on any atom is -0.701 e. The second kappa shape index (κ2) is 13.8. The third-order valence-electron chi connectivity index (χ3n) is 4.66. The van der Waals surface area contributed by atoms with Crippen LogP contribution in [0.1, 0.15) is 0 Å². The Labute approximate surface area is 218 Å². The van der Waals surface area contributed by atoms with Crippen molar-refractivity contribution < 1.29 is 21.7 Å². The maximum absolute atomic E-state index is 6.67. The molecule has 2 rings (SSSR count). The molecule has 0 aromatic heterocycles. The van der Waals surface area contributed by atoms with E-state index in [9.17, 15) is 0 Å². The van der Waals surface area contributed by atoms with E-state index in [4.69, 9.17) is 22.1 Å². The van der Waals surface area contributed by atoms with Crippen LogP contribution in [0.3, 0.4) is 0 Å². The smallest absolute Gasteiger partial charge is 0.701 e. The Morgan fingerprint density at radius 2 is 0.645 bits per heavy atom. The summed E-state index contributed by atoms with van der Waals surface area (Å²) in [6.45, 7) is 31.6. The van der Waals surface area contributed by atoms with Gasteiger partial charge in [0.1, 0.15) is 0 Å². The molecule has 0 atom stereocenters. The van der Waals surface area contributed by atoms with Crippen molar-refractivity contribution in [3.05, 3.63) is 22.1 Å². The molecule has 0 aliphatic carbocycles. The number of hydrogen-bond donors (Lipinski definition) is 0. The van der Waals surface area contributed by atoms with Gasteiger partial charge in [-0.05, 0) is 0 Å². The van der Waals surface area contributed by atoms with E-state index < -0.39 is 49.1 Å². The second-order valence-corrected chi connectivity index (χ2v) is 41.0.